The van der Waals surface area contributed by atoms with Gasteiger partial charge in [0.05, 0.1) is 0 Å². The van der Waals surface area contributed by atoms with Crippen LogP contribution < -0.4 is 5.32 Å². The first-order valence-corrected chi connectivity index (χ1v) is 8.13. The molecule has 0 aliphatic rings. The third kappa shape index (κ3) is 5.64. The van der Waals surface area contributed by atoms with E-state index in [9.17, 15) is 0 Å². The summed E-state index contributed by atoms with van der Waals surface area (Å²) in [7, 11) is 0. The predicted octanol–water partition coefficient (Wildman–Crippen LogP) is 4.22. The third-order valence-electron chi connectivity index (χ3n) is 3.59. The van der Waals surface area contributed by atoms with Crippen LogP contribution >= 0.6 is 15.9 Å². The summed E-state index contributed by atoms with van der Waals surface area (Å²) in [5, 5.41) is 3.74. The van der Waals surface area contributed by atoms with E-state index in [2.05, 4.69) is 78.1 Å². The van der Waals surface area contributed by atoms with Crippen molar-refractivity contribution in [3.8, 4) is 0 Å². The van der Waals surface area contributed by atoms with Gasteiger partial charge in [-0.15, -0.1) is 0 Å². The van der Waals surface area contributed by atoms with Crippen LogP contribution in [0, 0.1) is 0 Å². The second-order valence-electron chi connectivity index (χ2n) is 5.07. The quantitative estimate of drug-likeness (QED) is 0.769. The highest BCUT2D eigenvalue weighted by Gasteiger charge is 2.14. The van der Waals surface area contributed by atoms with Gasteiger partial charge >= 0.3 is 0 Å². The molecule has 0 saturated carbocycles. The first kappa shape index (κ1) is 16.7. The number of halogens is 1. The molecule has 0 aliphatic carbocycles. The van der Waals surface area contributed by atoms with Crippen LogP contribution in [-0.2, 0) is 0 Å². The van der Waals surface area contributed by atoms with E-state index in [-0.39, 0.29) is 0 Å². The highest BCUT2D eigenvalue weighted by molar-refractivity contribution is 9.10. The molecule has 0 amide bonds. The first-order chi connectivity index (χ1) is 9.10. The highest BCUT2D eigenvalue weighted by Crippen LogP contribution is 2.20. The molecular weight excluding hydrogens is 300 g/mol. The van der Waals surface area contributed by atoms with E-state index in [1.807, 2.05) is 0 Å². The van der Waals surface area contributed by atoms with Crippen LogP contribution in [0.4, 0.5) is 0 Å². The van der Waals surface area contributed by atoms with E-state index in [4.69, 9.17) is 0 Å². The summed E-state index contributed by atoms with van der Waals surface area (Å²) >= 11 is 3.49. The van der Waals surface area contributed by atoms with Gasteiger partial charge in [0.15, 0.2) is 0 Å². The van der Waals surface area contributed by atoms with Crippen LogP contribution in [0.25, 0.3) is 0 Å². The van der Waals surface area contributed by atoms with Crippen LogP contribution in [0.5, 0.6) is 0 Å². The zero-order valence-electron chi connectivity index (χ0n) is 12.6. The van der Waals surface area contributed by atoms with Gasteiger partial charge in [-0.2, -0.15) is 0 Å². The molecule has 0 radical (unpaired) electrons. The lowest BCUT2D eigenvalue weighted by molar-refractivity contribution is 0.260. The fourth-order valence-corrected chi connectivity index (χ4v) is 2.67. The van der Waals surface area contributed by atoms with E-state index >= 15 is 0 Å². The van der Waals surface area contributed by atoms with Gasteiger partial charge in [-0.3, -0.25) is 0 Å². The molecule has 3 heteroatoms. The summed E-state index contributed by atoms with van der Waals surface area (Å²) < 4.78 is 1.14. The minimum absolute atomic E-state index is 0.443. The van der Waals surface area contributed by atoms with Crippen LogP contribution in [0.3, 0.4) is 0 Å². The number of rotatable bonds is 8. The molecule has 1 aromatic carbocycles. The van der Waals surface area contributed by atoms with Crippen LogP contribution in [0.15, 0.2) is 28.7 Å². The Morgan fingerprint density at radius 1 is 1.11 bits per heavy atom. The lowest BCUT2D eigenvalue weighted by Gasteiger charge is -2.27. The largest absolute Gasteiger partial charge is 0.306 e. The Balaban J connectivity index is 2.58. The average molecular weight is 327 g/mol. The van der Waals surface area contributed by atoms with Gasteiger partial charge in [0.1, 0.15) is 0 Å². The van der Waals surface area contributed by atoms with E-state index in [1.54, 1.807) is 0 Å². The van der Waals surface area contributed by atoms with Crippen molar-refractivity contribution in [2.45, 2.75) is 46.2 Å². The SMILES string of the molecule is CCC(NC(C)CN(CC)CC)c1ccc(Br)cc1. The summed E-state index contributed by atoms with van der Waals surface area (Å²) in [4.78, 5) is 2.46. The Morgan fingerprint density at radius 2 is 1.68 bits per heavy atom. The van der Waals surface area contributed by atoms with Crippen molar-refractivity contribution in [2.75, 3.05) is 19.6 Å². The molecule has 1 N–H and O–H groups in total. The Labute approximate surface area is 126 Å². The van der Waals surface area contributed by atoms with Crippen LogP contribution in [-0.4, -0.2) is 30.6 Å². The van der Waals surface area contributed by atoms with Crippen LogP contribution in [0.2, 0.25) is 0 Å². The number of benzene rings is 1. The lowest BCUT2D eigenvalue weighted by Crippen LogP contribution is -2.40. The molecule has 0 aliphatic heterocycles. The Kier molecular flexibility index (Phi) is 7.66. The van der Waals surface area contributed by atoms with E-state index < -0.39 is 0 Å². The molecular formula is C16H27BrN2. The molecule has 2 nitrogen and oxygen atoms in total. The van der Waals surface area contributed by atoms with Crippen molar-refractivity contribution in [1.29, 1.82) is 0 Å². The van der Waals surface area contributed by atoms with Gasteiger partial charge < -0.3 is 10.2 Å². The van der Waals surface area contributed by atoms with Gasteiger partial charge in [0.2, 0.25) is 0 Å². The minimum atomic E-state index is 0.443. The maximum absolute atomic E-state index is 3.74. The summed E-state index contributed by atoms with van der Waals surface area (Å²) in [6.07, 6.45) is 1.12. The van der Waals surface area contributed by atoms with Crippen molar-refractivity contribution < 1.29 is 0 Å². The van der Waals surface area contributed by atoms with Gasteiger partial charge in [-0.05, 0) is 44.1 Å². The maximum atomic E-state index is 3.74. The fourth-order valence-electron chi connectivity index (χ4n) is 2.41. The summed E-state index contributed by atoms with van der Waals surface area (Å²) in [5.41, 5.74) is 1.37. The smallest absolute Gasteiger partial charge is 0.0320 e. The number of hydrogen-bond donors (Lipinski definition) is 1. The van der Waals surface area contributed by atoms with E-state index in [0.717, 1.165) is 30.5 Å². The van der Waals surface area contributed by atoms with Gasteiger partial charge in [0, 0.05) is 23.1 Å². The second-order valence-corrected chi connectivity index (χ2v) is 5.98. The Hall–Kier alpha value is -0.380. The molecule has 0 fully saturated rings. The second kappa shape index (κ2) is 8.72. The normalized spacial score (nSPS) is 14.6. The molecule has 0 heterocycles. The van der Waals surface area contributed by atoms with Crippen molar-refractivity contribution in [3.05, 3.63) is 34.3 Å². The molecule has 0 saturated heterocycles. The standard InChI is InChI=1S/C16H27BrN2/c1-5-16(14-8-10-15(17)11-9-14)18-13(4)12-19(6-2)7-3/h8-11,13,16,18H,5-7,12H2,1-4H3. The Bertz CT molecular complexity index is 346. The number of nitrogens with zero attached hydrogens (tertiary/aromatic N) is 1. The van der Waals surface area contributed by atoms with Crippen molar-refractivity contribution in [2.24, 2.45) is 0 Å². The molecule has 0 aromatic heterocycles. The molecule has 19 heavy (non-hydrogen) atoms. The molecule has 108 valence electrons. The average Bonchev–Trinajstić information content (AvgIpc) is 2.43. The molecule has 0 spiro atoms. The zero-order valence-corrected chi connectivity index (χ0v) is 14.2. The van der Waals surface area contributed by atoms with Crippen molar-refractivity contribution in [3.63, 3.8) is 0 Å². The lowest BCUT2D eigenvalue weighted by atomic mass is 10.0. The molecule has 1 aromatic rings. The Morgan fingerprint density at radius 3 is 2.16 bits per heavy atom. The number of likely N-dealkylation sites (N-methyl/N-ethyl adjacent to an activating group) is 1. The molecule has 0 bridgehead atoms. The van der Waals surface area contributed by atoms with Gasteiger partial charge in [0.25, 0.3) is 0 Å². The molecule has 1 rings (SSSR count). The fraction of sp³-hybridized carbons (Fsp3) is 0.625. The van der Waals surface area contributed by atoms with Crippen molar-refractivity contribution >= 4 is 15.9 Å². The van der Waals surface area contributed by atoms with Gasteiger partial charge in [-0.25, -0.2) is 0 Å². The van der Waals surface area contributed by atoms with Crippen LogP contribution in [0.1, 0.15) is 45.7 Å². The zero-order chi connectivity index (χ0) is 14.3. The van der Waals surface area contributed by atoms with Gasteiger partial charge in [-0.1, -0.05) is 48.8 Å². The summed E-state index contributed by atoms with van der Waals surface area (Å²) in [6, 6.07) is 9.60. The topological polar surface area (TPSA) is 15.3 Å². The number of nitrogens with one attached hydrogen (secondary N) is 1. The first-order valence-electron chi connectivity index (χ1n) is 7.34. The molecule has 2 atom stereocenters. The summed E-state index contributed by atoms with van der Waals surface area (Å²) in [6.45, 7) is 12.3. The number of hydrogen-bond acceptors (Lipinski definition) is 2. The van der Waals surface area contributed by atoms with E-state index in [1.165, 1.54) is 5.56 Å². The maximum Gasteiger partial charge on any atom is 0.0320 e. The predicted molar refractivity (Wildman–Crippen MR) is 87.6 cm³/mol. The van der Waals surface area contributed by atoms with Crippen molar-refractivity contribution in [1.82, 2.24) is 10.2 Å². The van der Waals surface area contributed by atoms with E-state index in [0.29, 0.717) is 12.1 Å². The highest BCUT2D eigenvalue weighted by atomic mass is 79.9. The molecule has 2 unspecified atom stereocenters. The minimum Gasteiger partial charge on any atom is -0.306 e. The summed E-state index contributed by atoms with van der Waals surface area (Å²) in [5.74, 6) is 0. The monoisotopic (exact) mass is 326 g/mol. The third-order valence-corrected chi connectivity index (χ3v) is 4.12.